The van der Waals surface area contributed by atoms with E-state index in [9.17, 15) is 18.0 Å². The van der Waals surface area contributed by atoms with Crippen LogP contribution >= 0.6 is 11.3 Å². The van der Waals surface area contributed by atoms with Crippen LogP contribution < -0.4 is 0 Å². The molecule has 0 unspecified atom stereocenters. The Morgan fingerprint density at radius 2 is 2.08 bits per heavy atom. The highest BCUT2D eigenvalue weighted by Crippen LogP contribution is 2.32. The summed E-state index contributed by atoms with van der Waals surface area (Å²) in [5.74, 6) is -0.750. The maximum Gasteiger partial charge on any atom is 0.331 e. The number of esters is 1. The number of carbonyl (C=O) groups excluding carboxylic acids is 2. The zero-order valence-corrected chi connectivity index (χ0v) is 14.7. The lowest BCUT2D eigenvalue weighted by atomic mass is 10.2. The fraction of sp³-hybridized carbons (Fsp3) is 0.500. The summed E-state index contributed by atoms with van der Waals surface area (Å²) in [6.45, 7) is -0.347. The van der Waals surface area contributed by atoms with Crippen LogP contribution in [0.15, 0.2) is 22.9 Å². The zero-order chi connectivity index (χ0) is 17.2. The Bertz CT molecular complexity index is 735. The zero-order valence-electron chi connectivity index (χ0n) is 13.1. The minimum Gasteiger partial charge on any atom is -0.452 e. The van der Waals surface area contributed by atoms with E-state index in [2.05, 4.69) is 0 Å². The summed E-state index contributed by atoms with van der Waals surface area (Å²) >= 11 is 1.52. The van der Waals surface area contributed by atoms with Crippen LogP contribution in [0, 0.1) is 0 Å². The van der Waals surface area contributed by atoms with E-state index < -0.39 is 15.8 Å². The molecule has 2 aliphatic rings. The molecule has 1 aromatic rings. The summed E-state index contributed by atoms with van der Waals surface area (Å²) in [5.41, 5.74) is 0.902. The third kappa shape index (κ3) is 4.45. The van der Waals surface area contributed by atoms with Gasteiger partial charge >= 0.3 is 5.97 Å². The quantitative estimate of drug-likeness (QED) is 0.560. The van der Waals surface area contributed by atoms with E-state index in [1.54, 1.807) is 11.0 Å². The summed E-state index contributed by atoms with van der Waals surface area (Å²) in [6, 6.07) is 1.68. The van der Waals surface area contributed by atoms with Crippen molar-refractivity contribution in [2.45, 2.75) is 31.3 Å². The van der Waals surface area contributed by atoms with Gasteiger partial charge in [0.1, 0.15) is 0 Å². The van der Waals surface area contributed by atoms with E-state index in [1.807, 2.05) is 16.8 Å². The molecule has 0 aromatic carbocycles. The lowest BCUT2D eigenvalue weighted by molar-refractivity contribution is -0.149. The highest BCUT2D eigenvalue weighted by Gasteiger charge is 2.42. The Morgan fingerprint density at radius 3 is 2.67 bits per heavy atom. The molecule has 1 saturated heterocycles. The molecule has 1 aliphatic heterocycles. The first kappa shape index (κ1) is 17.2. The van der Waals surface area contributed by atoms with Crippen LogP contribution in [0.25, 0.3) is 6.08 Å². The first-order chi connectivity index (χ1) is 11.4. The minimum atomic E-state index is -3.06. The average Bonchev–Trinajstić information content (AvgIpc) is 3.08. The first-order valence-corrected chi connectivity index (χ1v) is 10.6. The van der Waals surface area contributed by atoms with Gasteiger partial charge in [0.25, 0.3) is 5.91 Å². The SMILES string of the molecule is O=C(/C=C/c1ccsc1)OCC(=O)N(C1CC1)[C@H]1CCS(=O)(=O)C1. The normalized spacial score (nSPS) is 22.6. The third-order valence-corrected chi connectivity index (χ3v) is 6.57. The van der Waals surface area contributed by atoms with E-state index in [-0.39, 0.29) is 36.1 Å². The van der Waals surface area contributed by atoms with Crippen LogP contribution in [0.4, 0.5) is 0 Å². The Labute approximate surface area is 145 Å². The minimum absolute atomic E-state index is 0.0151. The number of hydrogen-bond acceptors (Lipinski definition) is 6. The Morgan fingerprint density at radius 1 is 1.29 bits per heavy atom. The van der Waals surface area contributed by atoms with Gasteiger partial charge in [-0.3, -0.25) is 4.79 Å². The van der Waals surface area contributed by atoms with Gasteiger partial charge in [0.15, 0.2) is 16.4 Å². The second-order valence-electron chi connectivity index (χ2n) is 6.09. The molecule has 2 fully saturated rings. The maximum atomic E-state index is 12.4. The van der Waals surface area contributed by atoms with Crippen molar-refractivity contribution in [3.8, 4) is 0 Å². The molecule has 2 heterocycles. The van der Waals surface area contributed by atoms with E-state index >= 15 is 0 Å². The van der Waals surface area contributed by atoms with Crippen molar-refractivity contribution in [3.63, 3.8) is 0 Å². The maximum absolute atomic E-state index is 12.4. The van der Waals surface area contributed by atoms with Gasteiger partial charge in [-0.25, -0.2) is 13.2 Å². The smallest absolute Gasteiger partial charge is 0.331 e. The van der Waals surface area contributed by atoms with E-state index in [0.717, 1.165) is 18.4 Å². The summed E-state index contributed by atoms with van der Waals surface area (Å²) in [7, 11) is -3.06. The molecule has 130 valence electrons. The van der Waals surface area contributed by atoms with Crippen LogP contribution in [-0.4, -0.2) is 55.4 Å². The van der Waals surface area contributed by atoms with Crippen LogP contribution in [0.5, 0.6) is 0 Å². The van der Waals surface area contributed by atoms with Crippen LogP contribution in [-0.2, 0) is 24.2 Å². The summed E-state index contributed by atoms with van der Waals surface area (Å²) in [5, 5.41) is 3.79. The predicted molar refractivity (Wildman–Crippen MR) is 91.2 cm³/mol. The van der Waals surface area contributed by atoms with E-state index in [1.165, 1.54) is 17.4 Å². The van der Waals surface area contributed by atoms with Gasteiger partial charge in [0, 0.05) is 18.2 Å². The first-order valence-electron chi connectivity index (χ1n) is 7.83. The molecule has 1 saturated carbocycles. The molecule has 24 heavy (non-hydrogen) atoms. The van der Waals surface area contributed by atoms with E-state index in [4.69, 9.17) is 4.74 Å². The molecule has 0 spiro atoms. The second kappa shape index (κ2) is 7.06. The molecule has 0 N–H and O–H groups in total. The Hall–Kier alpha value is -1.67. The van der Waals surface area contributed by atoms with Crippen molar-refractivity contribution in [1.82, 2.24) is 4.90 Å². The van der Waals surface area contributed by atoms with Crippen molar-refractivity contribution in [3.05, 3.63) is 28.5 Å². The van der Waals surface area contributed by atoms with Gasteiger partial charge in [-0.15, -0.1) is 0 Å². The van der Waals surface area contributed by atoms with Crippen LogP contribution in [0.3, 0.4) is 0 Å². The molecule has 1 amide bonds. The van der Waals surface area contributed by atoms with Gasteiger partial charge in [0.05, 0.1) is 11.5 Å². The summed E-state index contributed by atoms with van der Waals surface area (Å²) in [6.07, 6.45) is 5.15. The third-order valence-electron chi connectivity index (χ3n) is 4.12. The van der Waals surface area contributed by atoms with Crippen molar-refractivity contribution in [2.75, 3.05) is 18.1 Å². The van der Waals surface area contributed by atoms with Gasteiger partial charge in [-0.05, 0) is 47.7 Å². The highest BCUT2D eigenvalue weighted by atomic mass is 32.2. The summed E-state index contributed by atoms with van der Waals surface area (Å²) in [4.78, 5) is 25.7. The van der Waals surface area contributed by atoms with Gasteiger partial charge < -0.3 is 9.64 Å². The lowest BCUT2D eigenvalue weighted by Crippen LogP contribution is -2.44. The lowest BCUT2D eigenvalue weighted by Gasteiger charge is -2.28. The molecular formula is C16H19NO5S2. The monoisotopic (exact) mass is 369 g/mol. The fourth-order valence-corrected chi connectivity index (χ4v) is 5.18. The molecule has 1 aliphatic carbocycles. The Kier molecular flexibility index (Phi) is 5.05. The van der Waals surface area contributed by atoms with Gasteiger partial charge in [-0.1, -0.05) is 0 Å². The standard InChI is InChI=1S/C16H19NO5S2/c18-15(9-22-16(19)4-1-12-5-7-23-10-12)17(13-2-3-13)14-6-8-24(20,21)11-14/h1,4-5,7,10,13-14H,2-3,6,8-9,11H2/b4-1+/t14-/m0/s1. The molecule has 6 nitrogen and oxygen atoms in total. The summed E-state index contributed by atoms with van der Waals surface area (Å²) < 4.78 is 28.3. The number of sulfone groups is 1. The molecular weight excluding hydrogens is 350 g/mol. The van der Waals surface area contributed by atoms with Gasteiger partial charge in [-0.2, -0.15) is 11.3 Å². The van der Waals surface area contributed by atoms with E-state index in [0.29, 0.717) is 6.42 Å². The molecule has 1 aromatic heterocycles. The number of ether oxygens (including phenoxy) is 1. The number of hydrogen-bond donors (Lipinski definition) is 0. The average molecular weight is 369 g/mol. The predicted octanol–water partition coefficient (Wildman–Crippen LogP) is 1.48. The number of rotatable bonds is 6. The largest absolute Gasteiger partial charge is 0.452 e. The molecule has 8 heteroatoms. The van der Waals surface area contributed by atoms with Crippen molar-refractivity contribution >= 4 is 39.1 Å². The number of carbonyl (C=O) groups is 2. The second-order valence-corrected chi connectivity index (χ2v) is 9.10. The fourth-order valence-electron chi connectivity index (χ4n) is 2.84. The van der Waals surface area contributed by atoms with Crippen LogP contribution in [0.2, 0.25) is 0 Å². The number of amides is 1. The molecule has 1 atom stereocenters. The molecule has 0 bridgehead atoms. The van der Waals surface area contributed by atoms with Crippen molar-refractivity contribution < 1.29 is 22.7 Å². The van der Waals surface area contributed by atoms with Crippen molar-refractivity contribution in [1.29, 1.82) is 0 Å². The topological polar surface area (TPSA) is 80.8 Å². The molecule has 0 radical (unpaired) electrons. The van der Waals surface area contributed by atoms with Crippen molar-refractivity contribution in [2.24, 2.45) is 0 Å². The number of nitrogens with zero attached hydrogens (tertiary/aromatic N) is 1. The van der Waals surface area contributed by atoms with Gasteiger partial charge in [0.2, 0.25) is 0 Å². The highest BCUT2D eigenvalue weighted by molar-refractivity contribution is 7.91. The molecule has 3 rings (SSSR count). The Balaban J connectivity index is 1.53. The number of thiophene rings is 1. The van der Waals surface area contributed by atoms with Crippen LogP contribution in [0.1, 0.15) is 24.8 Å².